The van der Waals surface area contributed by atoms with Crippen molar-refractivity contribution in [2.75, 3.05) is 18.0 Å². The van der Waals surface area contributed by atoms with Gasteiger partial charge in [0.2, 0.25) is 11.8 Å². The molecule has 6 rings (SSSR count). The topological polar surface area (TPSA) is 122 Å². The van der Waals surface area contributed by atoms with Crippen molar-refractivity contribution >= 4 is 29.2 Å². The van der Waals surface area contributed by atoms with Gasteiger partial charge in [-0.3, -0.25) is 19.9 Å². The number of carbonyl (C=O) groups is 3. The van der Waals surface area contributed by atoms with E-state index >= 15 is 0 Å². The smallest absolute Gasteiger partial charge is 0.337 e. The summed E-state index contributed by atoms with van der Waals surface area (Å²) in [6.45, 7) is 1.95. The number of halogens is 3. The van der Waals surface area contributed by atoms with Gasteiger partial charge < -0.3 is 10.2 Å². The van der Waals surface area contributed by atoms with Gasteiger partial charge in [-0.05, 0) is 38.3 Å². The SMILES string of the molecule is CC1(C)C(=O)N(CC(F)(F)F)c2cc([C@H]3C[C@@H]3c3cc(C4CNC(=O)NC4=O)nn4ccnc34)ncc21. The van der Waals surface area contributed by atoms with Gasteiger partial charge in [0, 0.05) is 47.9 Å². The van der Waals surface area contributed by atoms with Crippen LogP contribution in [0.25, 0.3) is 5.65 Å². The Balaban J connectivity index is 1.34. The molecule has 2 N–H and O–H groups in total. The van der Waals surface area contributed by atoms with Crippen LogP contribution in [0.4, 0.5) is 23.7 Å². The number of imide groups is 1. The normalized spacial score (nSPS) is 24.7. The molecule has 13 heteroatoms. The van der Waals surface area contributed by atoms with Gasteiger partial charge in [0.1, 0.15) is 6.54 Å². The van der Waals surface area contributed by atoms with E-state index in [1.165, 1.54) is 6.20 Å². The number of alkyl halides is 3. The zero-order valence-electron chi connectivity index (χ0n) is 19.8. The molecule has 1 saturated heterocycles. The minimum absolute atomic E-state index is 0.0559. The summed E-state index contributed by atoms with van der Waals surface area (Å²) in [6, 6.07) is 2.83. The second-order valence-corrected chi connectivity index (χ2v) is 10.2. The van der Waals surface area contributed by atoms with Crippen LogP contribution in [-0.4, -0.2) is 56.7 Å². The number of urea groups is 1. The Morgan fingerprint density at radius 1 is 1.11 bits per heavy atom. The van der Waals surface area contributed by atoms with Crippen LogP contribution in [-0.2, 0) is 15.0 Å². The Bertz CT molecular complexity index is 1480. The van der Waals surface area contributed by atoms with Crippen LogP contribution < -0.4 is 15.5 Å². The molecule has 1 aliphatic carbocycles. The Hall–Kier alpha value is -4.03. The molecule has 2 fully saturated rings. The highest BCUT2D eigenvalue weighted by Crippen LogP contribution is 2.56. The second-order valence-electron chi connectivity index (χ2n) is 10.2. The first kappa shape index (κ1) is 23.4. The highest BCUT2D eigenvalue weighted by Gasteiger charge is 2.49. The van der Waals surface area contributed by atoms with Crippen molar-refractivity contribution in [3.05, 3.63) is 53.2 Å². The Morgan fingerprint density at radius 2 is 1.89 bits per heavy atom. The summed E-state index contributed by atoms with van der Waals surface area (Å²) in [6.07, 6.45) is 0.888. The first-order chi connectivity index (χ1) is 17.4. The van der Waals surface area contributed by atoms with Crippen LogP contribution in [0.3, 0.4) is 0 Å². The summed E-state index contributed by atoms with van der Waals surface area (Å²) in [5.41, 5.74) is 2.09. The number of nitrogens with zero attached hydrogens (tertiary/aromatic N) is 5. The molecule has 1 unspecified atom stereocenters. The van der Waals surface area contributed by atoms with Gasteiger partial charge in [-0.1, -0.05) is 0 Å². The first-order valence-corrected chi connectivity index (χ1v) is 11.8. The molecule has 5 heterocycles. The average Bonchev–Trinajstić information content (AvgIpc) is 3.44. The summed E-state index contributed by atoms with van der Waals surface area (Å²) in [5.74, 6) is -1.90. The number of nitrogens with one attached hydrogen (secondary N) is 2. The van der Waals surface area contributed by atoms with Crippen molar-refractivity contribution in [2.45, 2.75) is 49.6 Å². The van der Waals surface area contributed by atoms with Crippen molar-refractivity contribution in [3.63, 3.8) is 0 Å². The second kappa shape index (κ2) is 7.73. The molecule has 0 aromatic carbocycles. The molecular weight excluding hydrogens is 491 g/mol. The van der Waals surface area contributed by atoms with E-state index in [2.05, 4.69) is 25.7 Å². The zero-order chi connectivity index (χ0) is 26.3. The van der Waals surface area contributed by atoms with Crippen LogP contribution in [0, 0.1) is 0 Å². The van der Waals surface area contributed by atoms with Crippen LogP contribution in [0.5, 0.6) is 0 Å². The fourth-order valence-electron chi connectivity index (χ4n) is 5.31. The van der Waals surface area contributed by atoms with Gasteiger partial charge >= 0.3 is 12.2 Å². The molecule has 0 radical (unpaired) electrons. The molecule has 3 aliphatic rings. The molecule has 0 spiro atoms. The maximum Gasteiger partial charge on any atom is 0.406 e. The third-order valence-electron chi connectivity index (χ3n) is 7.34. The van der Waals surface area contributed by atoms with E-state index < -0.39 is 41.9 Å². The minimum Gasteiger partial charge on any atom is -0.337 e. The molecular formula is C24H22F3N7O3. The molecule has 1 saturated carbocycles. The van der Waals surface area contributed by atoms with Crippen LogP contribution in [0.1, 0.15) is 60.5 Å². The van der Waals surface area contributed by atoms with Gasteiger partial charge in [0.25, 0.3) is 0 Å². The largest absolute Gasteiger partial charge is 0.406 e. The first-order valence-electron chi connectivity index (χ1n) is 11.8. The highest BCUT2D eigenvalue weighted by atomic mass is 19.4. The summed E-state index contributed by atoms with van der Waals surface area (Å²) < 4.78 is 41.4. The monoisotopic (exact) mass is 513 g/mol. The predicted molar refractivity (Wildman–Crippen MR) is 123 cm³/mol. The molecule has 4 amide bonds. The van der Waals surface area contributed by atoms with Gasteiger partial charge in [-0.25, -0.2) is 14.3 Å². The number of aromatic nitrogens is 4. The number of fused-ring (bicyclic) bond motifs is 2. The van der Waals surface area contributed by atoms with E-state index in [0.717, 1.165) is 10.5 Å². The van der Waals surface area contributed by atoms with Crippen LogP contribution in [0.15, 0.2) is 30.7 Å². The average molecular weight is 513 g/mol. The molecule has 3 aromatic rings. The minimum atomic E-state index is -4.54. The molecule has 2 aliphatic heterocycles. The van der Waals surface area contributed by atoms with E-state index in [4.69, 9.17) is 0 Å². The summed E-state index contributed by atoms with van der Waals surface area (Å²) in [4.78, 5) is 46.4. The number of anilines is 1. The summed E-state index contributed by atoms with van der Waals surface area (Å²) >= 11 is 0. The van der Waals surface area contributed by atoms with E-state index in [1.807, 2.05) is 0 Å². The lowest BCUT2D eigenvalue weighted by atomic mass is 9.87. The predicted octanol–water partition coefficient (Wildman–Crippen LogP) is 2.50. The van der Waals surface area contributed by atoms with Gasteiger partial charge in [0.05, 0.1) is 22.7 Å². The number of imidazole rings is 1. The number of pyridine rings is 1. The molecule has 3 aromatic heterocycles. The van der Waals surface area contributed by atoms with Crippen LogP contribution >= 0.6 is 0 Å². The number of hydrogen-bond acceptors (Lipinski definition) is 6. The Labute approximate surface area is 208 Å². The van der Waals surface area contributed by atoms with Gasteiger partial charge in [0.15, 0.2) is 5.65 Å². The van der Waals surface area contributed by atoms with Crippen molar-refractivity contribution in [1.82, 2.24) is 30.2 Å². The van der Waals surface area contributed by atoms with Crippen molar-refractivity contribution < 1.29 is 27.6 Å². The Kier molecular flexibility index (Phi) is 4.89. The maximum atomic E-state index is 13.3. The van der Waals surface area contributed by atoms with E-state index in [1.54, 1.807) is 42.9 Å². The number of amides is 4. The molecule has 0 bridgehead atoms. The number of hydrogen-bond donors (Lipinski definition) is 2. The van der Waals surface area contributed by atoms with E-state index in [9.17, 15) is 27.6 Å². The molecule has 37 heavy (non-hydrogen) atoms. The van der Waals surface area contributed by atoms with Gasteiger partial charge in [-0.2, -0.15) is 18.3 Å². The third kappa shape index (κ3) is 3.80. The third-order valence-corrected chi connectivity index (χ3v) is 7.34. The lowest BCUT2D eigenvalue weighted by Crippen LogP contribution is -2.51. The van der Waals surface area contributed by atoms with Crippen molar-refractivity contribution in [1.29, 1.82) is 0 Å². The highest BCUT2D eigenvalue weighted by molar-refractivity contribution is 6.07. The summed E-state index contributed by atoms with van der Waals surface area (Å²) in [5, 5.41) is 9.34. The molecule has 10 nitrogen and oxygen atoms in total. The maximum absolute atomic E-state index is 13.3. The Morgan fingerprint density at radius 3 is 2.62 bits per heavy atom. The number of carbonyl (C=O) groups excluding carboxylic acids is 3. The van der Waals surface area contributed by atoms with Crippen molar-refractivity contribution in [3.8, 4) is 0 Å². The lowest BCUT2D eigenvalue weighted by molar-refractivity contribution is -0.134. The fraction of sp³-hybridized carbons (Fsp3) is 0.417. The van der Waals surface area contributed by atoms with Crippen molar-refractivity contribution in [2.24, 2.45) is 0 Å². The fourth-order valence-corrected chi connectivity index (χ4v) is 5.31. The molecule has 192 valence electrons. The quantitative estimate of drug-likeness (QED) is 0.553. The zero-order valence-corrected chi connectivity index (χ0v) is 19.8. The van der Waals surface area contributed by atoms with Gasteiger partial charge in [-0.15, -0.1) is 0 Å². The summed E-state index contributed by atoms with van der Waals surface area (Å²) in [7, 11) is 0. The standard InChI is InChI=1S/C24H22F3N7O3/c1-23(2)15-9-29-16(7-18(15)33(21(23)36)10-24(25,26)27)12-5-11(12)13-6-17(32-34-4-3-28-19(13)34)14-8-30-22(37)31-20(14)35/h3-4,6-7,9,11-12,14H,5,8,10H2,1-2H3,(H2,30,31,35,37)/t11-,12-,14?/m0/s1. The number of rotatable bonds is 4. The molecule has 3 atom stereocenters. The van der Waals surface area contributed by atoms with Crippen LogP contribution in [0.2, 0.25) is 0 Å². The van der Waals surface area contributed by atoms with E-state index in [-0.39, 0.29) is 24.1 Å². The lowest BCUT2D eigenvalue weighted by Gasteiger charge is -2.22. The van der Waals surface area contributed by atoms with E-state index in [0.29, 0.717) is 29.0 Å².